The SMILES string of the molecule is CN1CCN(c2nc(-c3c(F)cccc3OC(=O)OC(C)(C)C)c(Cl)c3c2C(=O)N2CCN(C(=O)O)C[C@@H]2CO3)CC1(C)C. The molecule has 14 heteroatoms. The summed E-state index contributed by atoms with van der Waals surface area (Å²) in [7, 11) is 2.01. The van der Waals surface area contributed by atoms with Crippen molar-refractivity contribution < 1.29 is 38.1 Å². The maximum absolute atomic E-state index is 15.7. The second-order valence-corrected chi connectivity index (χ2v) is 13.2. The van der Waals surface area contributed by atoms with E-state index in [4.69, 9.17) is 30.8 Å². The number of likely N-dealkylation sites (N-methyl/N-ethyl adjacent to an activating group) is 1. The topological polar surface area (TPSA) is 125 Å². The zero-order valence-corrected chi connectivity index (χ0v) is 26.4. The first-order valence-electron chi connectivity index (χ1n) is 14.4. The lowest BCUT2D eigenvalue weighted by molar-refractivity contribution is 0.0206. The summed E-state index contributed by atoms with van der Waals surface area (Å²) in [6, 6.07) is 3.39. The van der Waals surface area contributed by atoms with Crippen molar-refractivity contribution >= 4 is 35.6 Å². The minimum Gasteiger partial charge on any atom is -0.489 e. The van der Waals surface area contributed by atoms with E-state index in [1.54, 1.807) is 25.7 Å². The van der Waals surface area contributed by atoms with Crippen molar-refractivity contribution in [3.8, 4) is 22.8 Å². The molecule has 0 unspecified atom stereocenters. The Hall–Kier alpha value is -3.84. The standard InChI is InChI=1S/C30H37ClFN5O7/c1-29(2,3)44-28(41)43-19-9-7-8-18(32)20(19)23-22(31)24-21(25(33-23)36-11-10-34(6)30(4,5)16-36)26(38)37-13-12-35(27(39)40)14-17(37)15-42-24/h7-9,17H,10-16H2,1-6H3,(H,39,40)/t17-/m1/s1. The van der Waals surface area contributed by atoms with Gasteiger partial charge in [-0.2, -0.15) is 0 Å². The van der Waals surface area contributed by atoms with Crippen LogP contribution in [0.25, 0.3) is 11.3 Å². The van der Waals surface area contributed by atoms with Gasteiger partial charge >= 0.3 is 12.2 Å². The zero-order chi connectivity index (χ0) is 32.1. The molecule has 3 aliphatic heterocycles. The van der Waals surface area contributed by atoms with E-state index in [9.17, 15) is 19.5 Å². The highest BCUT2D eigenvalue weighted by molar-refractivity contribution is 6.35. The van der Waals surface area contributed by atoms with E-state index in [1.165, 1.54) is 23.1 Å². The van der Waals surface area contributed by atoms with E-state index in [-0.39, 0.29) is 70.9 Å². The molecule has 1 aromatic heterocycles. The highest BCUT2D eigenvalue weighted by Crippen LogP contribution is 2.46. The van der Waals surface area contributed by atoms with Crippen molar-refractivity contribution in [3.63, 3.8) is 0 Å². The van der Waals surface area contributed by atoms with Crippen LogP contribution in [0.5, 0.6) is 11.5 Å². The molecule has 5 rings (SSSR count). The quantitative estimate of drug-likeness (QED) is 0.379. The number of hydrogen-bond donors (Lipinski definition) is 1. The van der Waals surface area contributed by atoms with Crippen molar-refractivity contribution in [2.24, 2.45) is 0 Å². The highest BCUT2D eigenvalue weighted by Gasteiger charge is 2.42. The van der Waals surface area contributed by atoms with Gasteiger partial charge in [0.25, 0.3) is 5.91 Å². The first-order valence-corrected chi connectivity index (χ1v) is 14.8. The first kappa shape index (κ1) is 31.6. The Kier molecular flexibility index (Phi) is 8.31. The van der Waals surface area contributed by atoms with E-state index < -0.39 is 35.6 Å². The van der Waals surface area contributed by atoms with E-state index in [1.807, 2.05) is 11.9 Å². The van der Waals surface area contributed by atoms with Crippen LogP contribution >= 0.6 is 11.6 Å². The molecular formula is C30H37ClFN5O7. The molecule has 1 atom stereocenters. The maximum atomic E-state index is 15.7. The van der Waals surface area contributed by atoms with Crippen LogP contribution in [0.15, 0.2) is 18.2 Å². The number of carboxylic acid groups (broad SMARTS) is 1. The van der Waals surface area contributed by atoms with E-state index in [0.29, 0.717) is 19.6 Å². The monoisotopic (exact) mass is 633 g/mol. The van der Waals surface area contributed by atoms with Crippen molar-refractivity contribution in [1.82, 2.24) is 19.7 Å². The van der Waals surface area contributed by atoms with Crippen molar-refractivity contribution in [3.05, 3.63) is 34.6 Å². The number of piperazine rings is 2. The average Bonchev–Trinajstić information content (AvgIpc) is 3.06. The minimum absolute atomic E-state index is 0.0103. The predicted molar refractivity (Wildman–Crippen MR) is 160 cm³/mol. The summed E-state index contributed by atoms with van der Waals surface area (Å²) < 4.78 is 32.6. The number of ether oxygens (including phenoxy) is 3. The predicted octanol–water partition coefficient (Wildman–Crippen LogP) is 4.58. The molecule has 4 heterocycles. The zero-order valence-electron chi connectivity index (χ0n) is 25.6. The number of halogens is 2. The average molecular weight is 634 g/mol. The number of rotatable bonds is 3. The lowest BCUT2D eigenvalue weighted by Gasteiger charge is -2.46. The molecule has 0 saturated carbocycles. The van der Waals surface area contributed by atoms with Gasteiger partial charge in [-0.25, -0.2) is 19.0 Å². The summed E-state index contributed by atoms with van der Waals surface area (Å²) >= 11 is 6.92. The van der Waals surface area contributed by atoms with Gasteiger partial charge in [-0.05, 0) is 53.8 Å². The van der Waals surface area contributed by atoms with Crippen molar-refractivity contribution in [2.45, 2.75) is 51.8 Å². The Morgan fingerprint density at radius 2 is 1.89 bits per heavy atom. The van der Waals surface area contributed by atoms with Crippen molar-refractivity contribution in [2.75, 3.05) is 57.8 Å². The fraction of sp³-hybridized carbons (Fsp3) is 0.533. The molecule has 0 spiro atoms. The largest absolute Gasteiger partial charge is 0.514 e. The van der Waals surface area contributed by atoms with E-state index in [0.717, 1.165) is 0 Å². The molecule has 2 fully saturated rings. The number of aromatic nitrogens is 1. The second kappa shape index (κ2) is 11.6. The van der Waals surface area contributed by atoms with Gasteiger partial charge in [-0.1, -0.05) is 17.7 Å². The minimum atomic E-state index is -1.08. The molecule has 44 heavy (non-hydrogen) atoms. The lowest BCUT2D eigenvalue weighted by atomic mass is 9.98. The summed E-state index contributed by atoms with van der Waals surface area (Å²) in [5.41, 5.74) is -1.32. The van der Waals surface area contributed by atoms with Crippen LogP contribution in [0.2, 0.25) is 5.02 Å². The Morgan fingerprint density at radius 1 is 1.16 bits per heavy atom. The summed E-state index contributed by atoms with van der Waals surface area (Å²) in [5.74, 6) is -1.08. The molecule has 3 aliphatic rings. The Labute approximate surface area is 260 Å². The number of fused-ring (bicyclic) bond motifs is 2. The van der Waals surface area contributed by atoms with Gasteiger partial charge in [0.2, 0.25) is 0 Å². The summed E-state index contributed by atoms with van der Waals surface area (Å²) in [6.45, 7) is 11.1. The number of benzene rings is 1. The number of anilines is 1. The second-order valence-electron chi connectivity index (χ2n) is 12.8. The van der Waals surface area contributed by atoms with Crippen LogP contribution < -0.4 is 14.4 Å². The summed E-state index contributed by atoms with van der Waals surface area (Å²) in [6.07, 6.45) is -2.12. The Balaban J connectivity index is 1.67. The number of carbonyl (C=O) groups is 3. The Bertz CT molecular complexity index is 1500. The molecule has 2 amide bonds. The third-order valence-electron chi connectivity index (χ3n) is 8.13. The number of amides is 2. The van der Waals surface area contributed by atoms with Gasteiger partial charge in [0, 0.05) is 44.8 Å². The highest BCUT2D eigenvalue weighted by atomic mass is 35.5. The molecule has 12 nitrogen and oxygen atoms in total. The molecule has 0 radical (unpaired) electrons. The van der Waals surface area contributed by atoms with Crippen LogP contribution in [0.1, 0.15) is 45.0 Å². The lowest BCUT2D eigenvalue weighted by Crippen LogP contribution is -2.59. The fourth-order valence-electron chi connectivity index (χ4n) is 5.62. The number of nitrogens with zero attached hydrogens (tertiary/aromatic N) is 5. The van der Waals surface area contributed by atoms with Gasteiger partial charge in [0.15, 0.2) is 5.75 Å². The van der Waals surface area contributed by atoms with Gasteiger partial charge in [0.05, 0.1) is 11.6 Å². The van der Waals surface area contributed by atoms with Gasteiger partial charge in [-0.15, -0.1) is 0 Å². The van der Waals surface area contributed by atoms with Gasteiger partial charge < -0.3 is 34.0 Å². The van der Waals surface area contributed by atoms with Crippen LogP contribution in [-0.2, 0) is 4.74 Å². The van der Waals surface area contributed by atoms with Gasteiger partial charge in [0.1, 0.15) is 45.9 Å². The third-order valence-corrected chi connectivity index (χ3v) is 8.49. The fourth-order valence-corrected chi connectivity index (χ4v) is 5.90. The number of carbonyl (C=O) groups excluding carboxylic acids is 2. The molecule has 2 saturated heterocycles. The van der Waals surface area contributed by atoms with Crippen LogP contribution in [0.4, 0.5) is 19.8 Å². The number of pyridine rings is 1. The molecule has 0 bridgehead atoms. The first-order chi connectivity index (χ1) is 20.6. The van der Waals surface area contributed by atoms with Crippen LogP contribution in [-0.4, -0.2) is 113 Å². The summed E-state index contributed by atoms with van der Waals surface area (Å²) in [5, 5.41) is 9.43. The van der Waals surface area contributed by atoms with E-state index >= 15 is 4.39 Å². The number of hydrogen-bond acceptors (Lipinski definition) is 9. The van der Waals surface area contributed by atoms with Crippen LogP contribution in [0.3, 0.4) is 0 Å². The summed E-state index contributed by atoms with van der Waals surface area (Å²) in [4.78, 5) is 50.3. The molecule has 1 aromatic carbocycles. The molecule has 0 aliphatic carbocycles. The molecule has 238 valence electrons. The van der Waals surface area contributed by atoms with Crippen molar-refractivity contribution in [1.29, 1.82) is 0 Å². The molecule has 2 aromatic rings. The maximum Gasteiger partial charge on any atom is 0.514 e. The van der Waals surface area contributed by atoms with Crippen LogP contribution in [0, 0.1) is 5.82 Å². The Morgan fingerprint density at radius 3 is 2.55 bits per heavy atom. The van der Waals surface area contributed by atoms with E-state index in [2.05, 4.69) is 18.7 Å². The normalized spacial score (nSPS) is 20.3. The smallest absolute Gasteiger partial charge is 0.489 e. The molecule has 1 N–H and O–H groups in total. The molecular weight excluding hydrogens is 597 g/mol. The third kappa shape index (κ3) is 6.07. The van der Waals surface area contributed by atoms with Gasteiger partial charge in [-0.3, -0.25) is 9.69 Å².